The smallest absolute Gasteiger partial charge is 0.136 e. The molecule has 0 aliphatic heterocycles. The van der Waals surface area contributed by atoms with Gasteiger partial charge >= 0.3 is 0 Å². The molecule has 0 aromatic rings. The number of carbonyl (C=O) groups excluding carboxylic acids is 1. The molecule has 0 radical (unpaired) electrons. The Labute approximate surface area is 93.1 Å². The Balaban J connectivity index is 2.41. The van der Waals surface area contributed by atoms with Crippen LogP contribution in [0.2, 0.25) is 0 Å². The van der Waals surface area contributed by atoms with Gasteiger partial charge in [0.25, 0.3) is 0 Å². The van der Waals surface area contributed by atoms with E-state index >= 15 is 0 Å². The molecule has 2 nitrogen and oxygen atoms in total. The molecule has 15 heavy (non-hydrogen) atoms. The van der Waals surface area contributed by atoms with Gasteiger partial charge in [0.05, 0.1) is 6.10 Å². The summed E-state index contributed by atoms with van der Waals surface area (Å²) in [7, 11) is 0. The zero-order valence-electron chi connectivity index (χ0n) is 10.0. The standard InChI is InChI=1S/C13H24O2/c1-10(8-9-11(2)14)12-6-4-3-5-7-13(12)15/h10-12,14H,3-9H2,1-2H3. The molecule has 3 atom stereocenters. The molecular formula is C13H24O2. The zero-order chi connectivity index (χ0) is 11.3. The monoisotopic (exact) mass is 212 g/mol. The summed E-state index contributed by atoms with van der Waals surface area (Å²) in [6, 6.07) is 0. The van der Waals surface area contributed by atoms with Crippen LogP contribution in [0.25, 0.3) is 0 Å². The highest BCUT2D eigenvalue weighted by Gasteiger charge is 2.25. The first kappa shape index (κ1) is 12.7. The highest BCUT2D eigenvalue weighted by Crippen LogP contribution is 2.29. The number of aliphatic hydroxyl groups is 1. The van der Waals surface area contributed by atoms with Gasteiger partial charge in [-0.1, -0.05) is 19.8 Å². The van der Waals surface area contributed by atoms with Gasteiger partial charge < -0.3 is 5.11 Å². The van der Waals surface area contributed by atoms with E-state index in [1.807, 2.05) is 6.92 Å². The summed E-state index contributed by atoms with van der Waals surface area (Å²) >= 11 is 0. The van der Waals surface area contributed by atoms with E-state index in [9.17, 15) is 9.90 Å². The largest absolute Gasteiger partial charge is 0.393 e. The molecule has 0 aromatic carbocycles. The van der Waals surface area contributed by atoms with Gasteiger partial charge in [0, 0.05) is 12.3 Å². The Hall–Kier alpha value is -0.370. The minimum absolute atomic E-state index is 0.228. The quantitative estimate of drug-likeness (QED) is 0.727. The Kier molecular flexibility index (Phi) is 5.30. The zero-order valence-corrected chi connectivity index (χ0v) is 10.0. The van der Waals surface area contributed by atoms with E-state index in [1.54, 1.807) is 0 Å². The van der Waals surface area contributed by atoms with E-state index in [0.717, 1.165) is 32.1 Å². The number of hydrogen-bond donors (Lipinski definition) is 1. The highest BCUT2D eigenvalue weighted by molar-refractivity contribution is 5.81. The van der Waals surface area contributed by atoms with Crippen molar-refractivity contribution in [3.63, 3.8) is 0 Å². The Morgan fingerprint density at radius 2 is 2.00 bits per heavy atom. The van der Waals surface area contributed by atoms with Gasteiger partial charge in [-0.05, 0) is 38.5 Å². The Morgan fingerprint density at radius 3 is 2.67 bits per heavy atom. The molecule has 1 aliphatic carbocycles. The van der Waals surface area contributed by atoms with Crippen LogP contribution in [0.4, 0.5) is 0 Å². The van der Waals surface area contributed by atoms with Crippen molar-refractivity contribution < 1.29 is 9.90 Å². The van der Waals surface area contributed by atoms with Crippen LogP contribution in [0.5, 0.6) is 0 Å². The minimum Gasteiger partial charge on any atom is -0.393 e. The van der Waals surface area contributed by atoms with Crippen LogP contribution in [0.15, 0.2) is 0 Å². The molecule has 2 heteroatoms. The summed E-state index contributed by atoms with van der Waals surface area (Å²) in [5.74, 6) is 1.18. The molecule has 0 spiro atoms. The predicted molar refractivity (Wildman–Crippen MR) is 61.7 cm³/mol. The molecule has 0 saturated heterocycles. The number of rotatable bonds is 4. The van der Waals surface area contributed by atoms with E-state index < -0.39 is 0 Å². The second kappa shape index (κ2) is 6.26. The van der Waals surface area contributed by atoms with E-state index in [0.29, 0.717) is 11.7 Å². The van der Waals surface area contributed by atoms with E-state index in [4.69, 9.17) is 0 Å². The lowest BCUT2D eigenvalue weighted by molar-refractivity contribution is -0.124. The van der Waals surface area contributed by atoms with Gasteiger partial charge in [-0.25, -0.2) is 0 Å². The Bertz CT molecular complexity index is 199. The SMILES string of the molecule is CC(O)CCC(C)C1CCCCCC1=O. The van der Waals surface area contributed by atoms with Crippen LogP contribution in [0, 0.1) is 11.8 Å². The van der Waals surface area contributed by atoms with Crippen molar-refractivity contribution in [2.75, 3.05) is 0 Å². The van der Waals surface area contributed by atoms with Crippen molar-refractivity contribution in [2.45, 2.75) is 64.9 Å². The average molecular weight is 212 g/mol. The van der Waals surface area contributed by atoms with Crippen LogP contribution in [-0.4, -0.2) is 17.0 Å². The van der Waals surface area contributed by atoms with Gasteiger partial charge in [0.1, 0.15) is 5.78 Å². The molecule has 0 amide bonds. The summed E-state index contributed by atoms with van der Waals surface area (Å²) < 4.78 is 0. The van der Waals surface area contributed by atoms with Crippen LogP contribution in [0.3, 0.4) is 0 Å². The molecule has 1 fully saturated rings. The maximum Gasteiger partial charge on any atom is 0.136 e. The normalized spacial score (nSPS) is 27.1. The second-order valence-corrected chi connectivity index (χ2v) is 5.08. The number of hydrogen-bond acceptors (Lipinski definition) is 2. The van der Waals surface area contributed by atoms with Gasteiger partial charge in [0.2, 0.25) is 0 Å². The second-order valence-electron chi connectivity index (χ2n) is 5.08. The molecule has 0 bridgehead atoms. The third-order valence-corrected chi connectivity index (χ3v) is 3.58. The topological polar surface area (TPSA) is 37.3 Å². The lowest BCUT2D eigenvalue weighted by Gasteiger charge is -2.21. The van der Waals surface area contributed by atoms with Gasteiger partial charge in [0.15, 0.2) is 0 Å². The molecular weight excluding hydrogens is 188 g/mol. The number of ketones is 1. The van der Waals surface area contributed by atoms with E-state index in [-0.39, 0.29) is 12.0 Å². The fourth-order valence-electron chi connectivity index (χ4n) is 2.49. The van der Waals surface area contributed by atoms with Crippen molar-refractivity contribution in [1.82, 2.24) is 0 Å². The van der Waals surface area contributed by atoms with Crippen LogP contribution < -0.4 is 0 Å². The van der Waals surface area contributed by atoms with Crippen molar-refractivity contribution >= 4 is 5.78 Å². The number of carbonyl (C=O) groups is 1. The molecule has 88 valence electrons. The molecule has 0 heterocycles. The molecule has 1 aliphatic rings. The molecule has 1 saturated carbocycles. The van der Waals surface area contributed by atoms with Crippen LogP contribution >= 0.6 is 0 Å². The molecule has 3 unspecified atom stereocenters. The van der Waals surface area contributed by atoms with Gasteiger partial charge in [-0.15, -0.1) is 0 Å². The van der Waals surface area contributed by atoms with Crippen molar-refractivity contribution in [3.8, 4) is 0 Å². The molecule has 1 rings (SSSR count). The predicted octanol–water partition coefficient (Wildman–Crippen LogP) is 2.93. The van der Waals surface area contributed by atoms with Crippen molar-refractivity contribution in [2.24, 2.45) is 11.8 Å². The third-order valence-electron chi connectivity index (χ3n) is 3.58. The minimum atomic E-state index is -0.228. The third kappa shape index (κ3) is 4.33. The number of aliphatic hydroxyl groups excluding tert-OH is 1. The lowest BCUT2D eigenvalue weighted by atomic mass is 9.83. The van der Waals surface area contributed by atoms with Crippen LogP contribution in [-0.2, 0) is 4.79 Å². The maximum absolute atomic E-state index is 11.8. The number of Topliss-reactive ketones (excluding diaryl/α,β-unsaturated/α-hetero) is 1. The first-order valence-corrected chi connectivity index (χ1v) is 6.32. The molecule has 0 aromatic heterocycles. The van der Waals surface area contributed by atoms with Gasteiger partial charge in [-0.3, -0.25) is 4.79 Å². The van der Waals surface area contributed by atoms with Crippen molar-refractivity contribution in [3.05, 3.63) is 0 Å². The first-order valence-electron chi connectivity index (χ1n) is 6.32. The van der Waals surface area contributed by atoms with E-state index in [1.165, 1.54) is 12.8 Å². The summed E-state index contributed by atoms with van der Waals surface area (Å²) in [5.41, 5.74) is 0. The summed E-state index contributed by atoms with van der Waals surface area (Å²) in [4.78, 5) is 11.8. The van der Waals surface area contributed by atoms with E-state index in [2.05, 4.69) is 6.92 Å². The van der Waals surface area contributed by atoms with Gasteiger partial charge in [-0.2, -0.15) is 0 Å². The first-order chi connectivity index (χ1) is 7.11. The summed E-state index contributed by atoms with van der Waals surface area (Å²) in [5, 5.41) is 9.24. The Morgan fingerprint density at radius 1 is 1.27 bits per heavy atom. The molecule has 1 N–H and O–H groups in total. The maximum atomic E-state index is 11.8. The van der Waals surface area contributed by atoms with Crippen molar-refractivity contribution in [1.29, 1.82) is 0 Å². The average Bonchev–Trinajstić information content (AvgIpc) is 2.39. The highest BCUT2D eigenvalue weighted by atomic mass is 16.3. The van der Waals surface area contributed by atoms with Crippen LogP contribution in [0.1, 0.15) is 58.8 Å². The summed E-state index contributed by atoms with van der Waals surface area (Å²) in [6.45, 7) is 3.98. The lowest BCUT2D eigenvalue weighted by Crippen LogP contribution is -2.21. The fourth-order valence-corrected chi connectivity index (χ4v) is 2.49. The fraction of sp³-hybridized carbons (Fsp3) is 0.923. The summed E-state index contributed by atoms with van der Waals surface area (Å²) in [6.07, 6.45) is 6.93.